The first-order chi connectivity index (χ1) is 15.8. The van der Waals surface area contributed by atoms with Crippen LogP contribution in [0.2, 0.25) is 0 Å². The SMILES string of the molecule is Cc1ccc(NC(=O)N2CC(CC#N)(n3cc(C(N)O)c(Nc4ccccc4)n3)C2)cc1C. The van der Waals surface area contributed by atoms with Gasteiger partial charge in [-0.1, -0.05) is 24.3 Å². The Morgan fingerprint density at radius 1 is 1.21 bits per heavy atom. The topological polar surface area (TPSA) is 132 Å². The number of aryl methyl sites for hydroxylation is 2. The van der Waals surface area contributed by atoms with Gasteiger partial charge in [0.1, 0.15) is 11.8 Å². The quantitative estimate of drug-likeness (QED) is 0.430. The van der Waals surface area contributed by atoms with E-state index in [4.69, 9.17) is 5.73 Å². The number of nitrogens with two attached hydrogens (primary N) is 1. The molecule has 33 heavy (non-hydrogen) atoms. The number of nitriles is 1. The van der Waals surface area contributed by atoms with E-state index < -0.39 is 11.8 Å². The van der Waals surface area contributed by atoms with Crippen molar-refractivity contribution in [3.05, 3.63) is 71.4 Å². The lowest BCUT2D eigenvalue weighted by atomic mass is 9.87. The molecule has 2 aromatic carbocycles. The number of carbonyl (C=O) groups is 1. The maximum absolute atomic E-state index is 12.8. The van der Waals surface area contributed by atoms with Gasteiger partial charge in [0.05, 0.1) is 31.1 Å². The van der Waals surface area contributed by atoms with Gasteiger partial charge in [-0.15, -0.1) is 0 Å². The molecule has 170 valence electrons. The number of para-hydroxylation sites is 1. The summed E-state index contributed by atoms with van der Waals surface area (Å²) in [4.78, 5) is 14.4. The van der Waals surface area contributed by atoms with Gasteiger partial charge in [0, 0.05) is 17.6 Å². The Hall–Kier alpha value is -3.87. The van der Waals surface area contributed by atoms with Crippen LogP contribution in [-0.2, 0) is 5.54 Å². The number of hydrogen-bond acceptors (Lipinski definition) is 6. The Kier molecular flexibility index (Phi) is 6.05. The normalized spacial score (nSPS) is 15.3. The van der Waals surface area contributed by atoms with Crippen molar-refractivity contribution in [1.29, 1.82) is 5.26 Å². The lowest BCUT2D eigenvalue weighted by Gasteiger charge is -2.48. The van der Waals surface area contributed by atoms with Gasteiger partial charge in [0.15, 0.2) is 5.82 Å². The van der Waals surface area contributed by atoms with Crippen molar-refractivity contribution < 1.29 is 9.90 Å². The maximum Gasteiger partial charge on any atom is 0.322 e. The van der Waals surface area contributed by atoms with Crippen LogP contribution in [0.3, 0.4) is 0 Å². The van der Waals surface area contributed by atoms with Gasteiger partial charge in [0.2, 0.25) is 0 Å². The van der Waals surface area contributed by atoms with Crippen molar-refractivity contribution >= 4 is 23.2 Å². The largest absolute Gasteiger partial charge is 0.374 e. The van der Waals surface area contributed by atoms with E-state index in [2.05, 4.69) is 21.8 Å². The smallest absolute Gasteiger partial charge is 0.322 e. The van der Waals surface area contributed by atoms with Crippen LogP contribution in [0.25, 0.3) is 0 Å². The molecule has 1 aromatic heterocycles. The maximum atomic E-state index is 12.8. The van der Waals surface area contributed by atoms with Gasteiger partial charge in [-0.05, 0) is 49.2 Å². The number of benzene rings is 2. The van der Waals surface area contributed by atoms with Gasteiger partial charge in [-0.3, -0.25) is 4.68 Å². The molecular formula is C24H27N7O2. The van der Waals surface area contributed by atoms with Crippen molar-refractivity contribution in [3.63, 3.8) is 0 Å². The Balaban J connectivity index is 1.53. The van der Waals surface area contributed by atoms with Crippen molar-refractivity contribution in [1.82, 2.24) is 14.7 Å². The van der Waals surface area contributed by atoms with E-state index >= 15 is 0 Å². The Bertz CT molecular complexity index is 1190. The van der Waals surface area contributed by atoms with Crippen LogP contribution in [0.15, 0.2) is 54.7 Å². The monoisotopic (exact) mass is 445 g/mol. The summed E-state index contributed by atoms with van der Waals surface area (Å²) in [6, 6.07) is 17.1. The molecule has 1 saturated heterocycles. The first kappa shape index (κ1) is 22.3. The molecule has 0 saturated carbocycles. The number of likely N-dealkylation sites (tertiary alicyclic amines) is 1. The minimum atomic E-state index is -1.24. The number of aromatic nitrogens is 2. The number of aliphatic hydroxyl groups excluding tert-OH is 1. The number of nitrogens with zero attached hydrogens (tertiary/aromatic N) is 4. The van der Waals surface area contributed by atoms with Crippen molar-refractivity contribution in [2.75, 3.05) is 23.7 Å². The molecule has 1 atom stereocenters. The molecule has 1 fully saturated rings. The van der Waals surface area contributed by atoms with Crippen molar-refractivity contribution in [2.45, 2.75) is 32.0 Å². The van der Waals surface area contributed by atoms with E-state index in [1.165, 1.54) is 0 Å². The van der Waals surface area contributed by atoms with Crippen LogP contribution in [0.5, 0.6) is 0 Å². The summed E-state index contributed by atoms with van der Waals surface area (Å²) in [6.07, 6.45) is 0.562. The fourth-order valence-corrected chi connectivity index (χ4v) is 3.92. The second kappa shape index (κ2) is 8.94. The minimum absolute atomic E-state index is 0.160. The average molecular weight is 446 g/mol. The van der Waals surface area contributed by atoms with Gasteiger partial charge in [-0.2, -0.15) is 10.4 Å². The van der Waals surface area contributed by atoms with Crippen LogP contribution >= 0.6 is 0 Å². The molecule has 0 bridgehead atoms. The molecule has 9 heteroatoms. The van der Waals surface area contributed by atoms with E-state index in [-0.39, 0.29) is 12.5 Å². The zero-order chi connectivity index (χ0) is 23.6. The lowest BCUT2D eigenvalue weighted by molar-refractivity contribution is 0.0399. The van der Waals surface area contributed by atoms with Crippen LogP contribution in [0.4, 0.5) is 22.0 Å². The van der Waals surface area contributed by atoms with Crippen LogP contribution in [0, 0.1) is 25.2 Å². The summed E-state index contributed by atoms with van der Waals surface area (Å²) >= 11 is 0. The molecule has 9 nitrogen and oxygen atoms in total. The first-order valence-corrected chi connectivity index (χ1v) is 10.7. The molecular weight excluding hydrogens is 418 g/mol. The number of aliphatic hydroxyl groups is 1. The number of anilines is 3. The molecule has 1 aliphatic rings. The van der Waals surface area contributed by atoms with Crippen LogP contribution < -0.4 is 16.4 Å². The number of hydrogen-bond donors (Lipinski definition) is 4. The Morgan fingerprint density at radius 3 is 2.58 bits per heavy atom. The fourth-order valence-electron chi connectivity index (χ4n) is 3.92. The number of urea groups is 1. The van der Waals surface area contributed by atoms with E-state index in [0.717, 1.165) is 22.5 Å². The molecule has 0 aliphatic carbocycles. The predicted molar refractivity (Wildman–Crippen MR) is 126 cm³/mol. The minimum Gasteiger partial charge on any atom is -0.374 e. The highest BCUT2D eigenvalue weighted by molar-refractivity contribution is 5.90. The summed E-state index contributed by atoms with van der Waals surface area (Å²) < 4.78 is 1.65. The summed E-state index contributed by atoms with van der Waals surface area (Å²) in [5, 5.41) is 30.2. The highest BCUT2D eigenvalue weighted by Gasteiger charge is 2.48. The van der Waals surface area contributed by atoms with E-state index in [1.807, 2.05) is 62.4 Å². The number of rotatable bonds is 6. The first-order valence-electron chi connectivity index (χ1n) is 10.7. The van der Waals surface area contributed by atoms with Crippen LogP contribution in [-0.4, -0.2) is 38.9 Å². The molecule has 1 unspecified atom stereocenters. The Labute approximate surface area is 192 Å². The summed E-state index contributed by atoms with van der Waals surface area (Å²) in [5.74, 6) is 0.409. The third kappa shape index (κ3) is 4.53. The number of carbonyl (C=O) groups excluding carboxylic acids is 1. The molecule has 2 amide bonds. The zero-order valence-corrected chi connectivity index (χ0v) is 18.6. The Morgan fingerprint density at radius 2 is 1.94 bits per heavy atom. The molecule has 0 radical (unpaired) electrons. The molecule has 3 aromatic rings. The summed E-state index contributed by atoms with van der Waals surface area (Å²) in [5.41, 5.74) is 9.25. The molecule has 5 N–H and O–H groups in total. The second-order valence-electron chi connectivity index (χ2n) is 8.46. The van der Waals surface area contributed by atoms with Crippen molar-refractivity contribution in [2.24, 2.45) is 5.73 Å². The summed E-state index contributed by atoms with van der Waals surface area (Å²) in [7, 11) is 0. The molecule has 2 heterocycles. The van der Waals surface area contributed by atoms with Crippen molar-refractivity contribution in [3.8, 4) is 6.07 Å². The van der Waals surface area contributed by atoms with E-state index in [9.17, 15) is 15.2 Å². The lowest BCUT2D eigenvalue weighted by Crippen LogP contribution is -2.65. The molecule has 0 spiro atoms. The number of nitrogens with one attached hydrogen (secondary N) is 2. The zero-order valence-electron chi connectivity index (χ0n) is 18.6. The second-order valence-corrected chi connectivity index (χ2v) is 8.46. The third-order valence-corrected chi connectivity index (χ3v) is 6.01. The van der Waals surface area contributed by atoms with E-state index in [0.29, 0.717) is 24.5 Å². The summed E-state index contributed by atoms with van der Waals surface area (Å²) in [6.45, 7) is 4.63. The average Bonchev–Trinajstić information content (AvgIpc) is 3.18. The molecule has 1 aliphatic heterocycles. The molecule has 4 rings (SSSR count). The van der Waals surface area contributed by atoms with E-state index in [1.54, 1.807) is 15.8 Å². The number of amides is 2. The van der Waals surface area contributed by atoms with Crippen LogP contribution in [0.1, 0.15) is 29.3 Å². The van der Waals surface area contributed by atoms with Gasteiger partial charge < -0.3 is 26.4 Å². The highest BCUT2D eigenvalue weighted by atomic mass is 16.3. The predicted octanol–water partition coefficient (Wildman–Crippen LogP) is 3.35. The van der Waals surface area contributed by atoms with Gasteiger partial charge in [0.25, 0.3) is 0 Å². The fraction of sp³-hybridized carbons (Fsp3) is 0.292. The van der Waals surface area contributed by atoms with Gasteiger partial charge in [-0.25, -0.2) is 4.79 Å². The van der Waals surface area contributed by atoms with Gasteiger partial charge >= 0.3 is 6.03 Å². The third-order valence-electron chi connectivity index (χ3n) is 6.01. The highest BCUT2D eigenvalue weighted by Crippen LogP contribution is 2.35. The standard InChI is InChI=1S/C24H27N7O2/c1-16-8-9-19(12-17(16)2)28-23(33)30-14-24(15-30,10-11-25)31-13-20(21(26)32)22(29-31)27-18-6-4-3-5-7-18/h3-9,12-13,21,32H,10,14-15,26H2,1-2H3,(H,27,29)(H,28,33).